The second-order valence-corrected chi connectivity index (χ2v) is 7.21. The van der Waals surface area contributed by atoms with Crippen LogP contribution in [0.3, 0.4) is 0 Å². The van der Waals surface area contributed by atoms with Gasteiger partial charge in [0, 0.05) is 6.04 Å². The first-order valence-electron chi connectivity index (χ1n) is 9.52. The Morgan fingerprint density at radius 2 is 1.69 bits per heavy atom. The lowest BCUT2D eigenvalue weighted by Crippen LogP contribution is -2.43. The summed E-state index contributed by atoms with van der Waals surface area (Å²) in [5.41, 5.74) is 0.855. The summed E-state index contributed by atoms with van der Waals surface area (Å²) in [5.74, 6) is 1.86. The molecule has 1 aliphatic heterocycles. The Kier molecular flexibility index (Phi) is 6.53. The lowest BCUT2D eigenvalue weighted by atomic mass is 9.92. The zero-order valence-corrected chi connectivity index (χ0v) is 15.4. The van der Waals surface area contributed by atoms with Gasteiger partial charge in [0.1, 0.15) is 11.5 Å². The number of aliphatic hydroxyl groups is 1. The van der Waals surface area contributed by atoms with Gasteiger partial charge in [-0.15, -0.1) is 0 Å². The van der Waals surface area contributed by atoms with Crippen LogP contribution < -0.4 is 4.74 Å². The minimum atomic E-state index is -0.534. The van der Waals surface area contributed by atoms with Crippen molar-refractivity contribution < 1.29 is 14.9 Å². The summed E-state index contributed by atoms with van der Waals surface area (Å²) in [6.07, 6.45) is 2.83. The molecule has 0 spiro atoms. The zero-order valence-electron chi connectivity index (χ0n) is 15.4. The van der Waals surface area contributed by atoms with Gasteiger partial charge in [0.05, 0.1) is 12.7 Å². The molecule has 0 amide bonds. The monoisotopic (exact) mass is 355 g/mol. The van der Waals surface area contributed by atoms with E-state index in [2.05, 4.69) is 11.8 Å². The number of piperidine rings is 1. The predicted molar refractivity (Wildman–Crippen MR) is 103 cm³/mol. The van der Waals surface area contributed by atoms with Crippen LogP contribution in [0.2, 0.25) is 0 Å². The number of phenols is 1. The molecular formula is C22H29NO3. The highest BCUT2D eigenvalue weighted by molar-refractivity contribution is 5.28. The van der Waals surface area contributed by atoms with Crippen molar-refractivity contribution in [3.63, 3.8) is 0 Å². The second kappa shape index (κ2) is 9.06. The Hall–Kier alpha value is -2.04. The number of aromatic hydroxyl groups is 1. The number of para-hydroxylation sites is 1. The number of hydrogen-bond acceptors (Lipinski definition) is 4. The highest BCUT2D eigenvalue weighted by Crippen LogP contribution is 2.28. The third kappa shape index (κ3) is 4.99. The zero-order chi connectivity index (χ0) is 18.4. The van der Waals surface area contributed by atoms with Crippen molar-refractivity contribution in [3.8, 4) is 11.5 Å². The summed E-state index contributed by atoms with van der Waals surface area (Å²) in [4.78, 5) is 2.37. The standard InChI is InChI=1S/C22H29NO3/c1-17(22(25)19-7-9-20(24)10-8-19)23-14-11-18(12-15-23)13-16-26-21-5-3-2-4-6-21/h2-10,17-18,22,24-25H,11-16H2,1H3. The molecule has 26 heavy (non-hydrogen) atoms. The van der Waals surface area contributed by atoms with E-state index in [4.69, 9.17) is 4.74 Å². The highest BCUT2D eigenvalue weighted by atomic mass is 16.5. The molecule has 3 rings (SSSR count). The van der Waals surface area contributed by atoms with E-state index >= 15 is 0 Å². The number of nitrogens with zero attached hydrogens (tertiary/aromatic N) is 1. The molecule has 2 aromatic rings. The molecule has 0 aromatic heterocycles. The van der Waals surface area contributed by atoms with Crippen LogP contribution in [-0.4, -0.2) is 40.9 Å². The number of aliphatic hydroxyl groups excluding tert-OH is 1. The third-order valence-corrected chi connectivity index (χ3v) is 5.45. The maximum absolute atomic E-state index is 10.6. The van der Waals surface area contributed by atoms with Gasteiger partial charge in [0.15, 0.2) is 0 Å². The summed E-state index contributed by atoms with van der Waals surface area (Å²) in [5, 5.41) is 20.0. The number of likely N-dealkylation sites (tertiary alicyclic amines) is 1. The number of ether oxygens (including phenoxy) is 1. The van der Waals surface area contributed by atoms with E-state index in [0.29, 0.717) is 5.92 Å². The van der Waals surface area contributed by atoms with E-state index in [9.17, 15) is 10.2 Å². The van der Waals surface area contributed by atoms with Gasteiger partial charge in [-0.25, -0.2) is 0 Å². The van der Waals surface area contributed by atoms with Gasteiger partial charge in [0.25, 0.3) is 0 Å². The van der Waals surface area contributed by atoms with Crippen LogP contribution in [0, 0.1) is 5.92 Å². The van der Waals surface area contributed by atoms with E-state index in [1.54, 1.807) is 24.3 Å². The summed E-state index contributed by atoms with van der Waals surface area (Å²) in [6, 6.07) is 16.9. The first kappa shape index (κ1) is 18.7. The molecule has 1 aliphatic rings. The van der Waals surface area contributed by atoms with Gasteiger partial charge in [-0.3, -0.25) is 4.90 Å². The van der Waals surface area contributed by atoms with Crippen molar-refractivity contribution in [2.75, 3.05) is 19.7 Å². The van der Waals surface area contributed by atoms with Gasteiger partial charge in [-0.2, -0.15) is 0 Å². The fraction of sp³-hybridized carbons (Fsp3) is 0.455. The van der Waals surface area contributed by atoms with Crippen LogP contribution in [0.4, 0.5) is 0 Å². The molecule has 0 saturated carbocycles. The van der Waals surface area contributed by atoms with Crippen molar-refractivity contribution in [1.82, 2.24) is 4.90 Å². The Morgan fingerprint density at radius 3 is 2.35 bits per heavy atom. The lowest BCUT2D eigenvalue weighted by Gasteiger charge is -2.38. The van der Waals surface area contributed by atoms with Crippen LogP contribution in [0.25, 0.3) is 0 Å². The Balaban J connectivity index is 1.42. The van der Waals surface area contributed by atoms with Crippen molar-refractivity contribution >= 4 is 0 Å². The molecule has 2 atom stereocenters. The lowest BCUT2D eigenvalue weighted by molar-refractivity contribution is 0.0349. The van der Waals surface area contributed by atoms with E-state index in [1.165, 1.54) is 0 Å². The second-order valence-electron chi connectivity index (χ2n) is 7.21. The topological polar surface area (TPSA) is 52.9 Å². The van der Waals surface area contributed by atoms with Crippen LogP contribution in [0.15, 0.2) is 54.6 Å². The first-order valence-corrected chi connectivity index (χ1v) is 9.52. The van der Waals surface area contributed by atoms with Crippen LogP contribution in [-0.2, 0) is 0 Å². The van der Waals surface area contributed by atoms with Crippen molar-refractivity contribution in [2.45, 2.75) is 38.3 Å². The fourth-order valence-corrected chi connectivity index (χ4v) is 3.66. The van der Waals surface area contributed by atoms with E-state index in [-0.39, 0.29) is 11.8 Å². The van der Waals surface area contributed by atoms with Crippen LogP contribution in [0.5, 0.6) is 11.5 Å². The molecule has 2 N–H and O–H groups in total. The Morgan fingerprint density at radius 1 is 1.04 bits per heavy atom. The number of rotatable bonds is 7. The predicted octanol–water partition coefficient (Wildman–Crippen LogP) is 4.00. The molecule has 0 aliphatic carbocycles. The molecule has 1 fully saturated rings. The maximum Gasteiger partial charge on any atom is 0.119 e. The molecular weight excluding hydrogens is 326 g/mol. The quantitative estimate of drug-likeness (QED) is 0.788. The van der Waals surface area contributed by atoms with Crippen LogP contribution in [0.1, 0.15) is 37.9 Å². The van der Waals surface area contributed by atoms with Gasteiger partial charge >= 0.3 is 0 Å². The molecule has 2 unspecified atom stereocenters. The van der Waals surface area contributed by atoms with E-state index < -0.39 is 6.10 Å². The molecule has 0 bridgehead atoms. The fourth-order valence-electron chi connectivity index (χ4n) is 3.66. The normalized spacial score (nSPS) is 18.4. The summed E-state index contributed by atoms with van der Waals surface area (Å²) < 4.78 is 5.81. The molecule has 1 heterocycles. The minimum Gasteiger partial charge on any atom is -0.508 e. The average molecular weight is 355 g/mol. The van der Waals surface area contributed by atoms with Crippen molar-refractivity contribution in [2.24, 2.45) is 5.92 Å². The van der Waals surface area contributed by atoms with Crippen molar-refractivity contribution in [1.29, 1.82) is 0 Å². The summed E-state index contributed by atoms with van der Waals surface area (Å²) in [6.45, 7) is 4.86. The Bertz CT molecular complexity index is 651. The first-order chi connectivity index (χ1) is 12.6. The SMILES string of the molecule is CC(C(O)c1ccc(O)cc1)N1CCC(CCOc2ccccc2)CC1. The molecule has 4 heteroatoms. The van der Waals surface area contributed by atoms with E-state index in [1.807, 2.05) is 30.3 Å². The highest BCUT2D eigenvalue weighted by Gasteiger charge is 2.27. The number of benzene rings is 2. The molecule has 2 aromatic carbocycles. The van der Waals surface area contributed by atoms with Gasteiger partial charge < -0.3 is 14.9 Å². The largest absolute Gasteiger partial charge is 0.508 e. The van der Waals surface area contributed by atoms with Crippen molar-refractivity contribution in [3.05, 3.63) is 60.2 Å². The van der Waals surface area contributed by atoms with Gasteiger partial charge in [-0.1, -0.05) is 30.3 Å². The molecule has 140 valence electrons. The maximum atomic E-state index is 10.6. The van der Waals surface area contributed by atoms with E-state index in [0.717, 1.165) is 50.3 Å². The third-order valence-electron chi connectivity index (χ3n) is 5.45. The number of hydrogen-bond donors (Lipinski definition) is 2. The summed E-state index contributed by atoms with van der Waals surface area (Å²) in [7, 11) is 0. The van der Waals surface area contributed by atoms with Gasteiger partial charge in [0.2, 0.25) is 0 Å². The minimum absolute atomic E-state index is 0.0704. The van der Waals surface area contributed by atoms with Gasteiger partial charge in [-0.05, 0) is 75.0 Å². The summed E-state index contributed by atoms with van der Waals surface area (Å²) >= 11 is 0. The molecule has 4 nitrogen and oxygen atoms in total. The average Bonchev–Trinajstić information content (AvgIpc) is 2.69. The Labute approximate surface area is 156 Å². The van der Waals surface area contributed by atoms with Crippen LogP contribution >= 0.6 is 0 Å². The molecule has 1 saturated heterocycles. The number of phenolic OH excluding ortho intramolecular Hbond substituents is 1. The smallest absolute Gasteiger partial charge is 0.119 e. The molecule has 0 radical (unpaired) electrons.